The third-order valence-corrected chi connectivity index (χ3v) is 5.54. The summed E-state index contributed by atoms with van der Waals surface area (Å²) in [5, 5.41) is 1.73. The lowest BCUT2D eigenvalue weighted by Crippen LogP contribution is -2.45. The highest BCUT2D eigenvalue weighted by Crippen LogP contribution is 2.28. The number of benzene rings is 1. The number of hydrogen-bond donors (Lipinski definition) is 1. The van der Waals surface area contributed by atoms with Crippen molar-refractivity contribution in [3.05, 3.63) is 29.8 Å². The van der Waals surface area contributed by atoms with Crippen molar-refractivity contribution >= 4 is 21.4 Å². The van der Waals surface area contributed by atoms with Crippen molar-refractivity contribution < 1.29 is 13.2 Å². The molecule has 0 aromatic heterocycles. The summed E-state index contributed by atoms with van der Waals surface area (Å²) >= 11 is 0. The Balaban J connectivity index is 1.95. The fraction of sp³-hybridized carbons (Fsp3) is 0.533. The normalized spacial score (nSPS) is 17.2. The topological polar surface area (TPSA) is 66.5 Å². The first kappa shape index (κ1) is 15.8. The molecule has 0 radical (unpaired) electrons. The molecule has 1 heterocycles. The molecule has 0 saturated carbocycles. The second-order valence-corrected chi connectivity index (χ2v) is 8.00. The molecule has 0 fully saturated rings. The minimum absolute atomic E-state index is 0.129. The van der Waals surface area contributed by atoms with Crippen LogP contribution in [0.25, 0.3) is 0 Å². The molecule has 1 amide bonds. The van der Waals surface area contributed by atoms with Gasteiger partial charge in [-0.15, -0.1) is 0 Å². The number of nitrogens with zero attached hydrogens (tertiary/aromatic N) is 1. The predicted molar refractivity (Wildman–Crippen MR) is 84.3 cm³/mol. The number of carbonyl (C=O) groups excluding carboxylic acids is 1. The Labute approximate surface area is 126 Å². The van der Waals surface area contributed by atoms with Crippen molar-refractivity contribution in [3.63, 3.8) is 0 Å². The standard InChI is InChI=1S/C15H22N2O3S/c1-11(10-16-15(18)12(2)21(3,19)20)17-9-8-13-6-4-5-7-14(13)17/h4-7,11-12H,8-10H2,1-3H3,(H,16,18)/t11-,12+/m0/s1. The lowest BCUT2D eigenvalue weighted by molar-refractivity contribution is -0.120. The van der Waals surface area contributed by atoms with Crippen LogP contribution < -0.4 is 10.2 Å². The number of para-hydroxylation sites is 1. The van der Waals surface area contributed by atoms with Gasteiger partial charge in [0, 0.05) is 31.1 Å². The van der Waals surface area contributed by atoms with Crippen molar-refractivity contribution in [2.45, 2.75) is 31.6 Å². The molecule has 0 bridgehead atoms. The van der Waals surface area contributed by atoms with E-state index in [1.165, 1.54) is 18.2 Å². The first-order chi connectivity index (χ1) is 9.80. The molecular weight excluding hydrogens is 288 g/mol. The Morgan fingerprint density at radius 2 is 2.00 bits per heavy atom. The van der Waals surface area contributed by atoms with Gasteiger partial charge in [-0.25, -0.2) is 8.42 Å². The molecule has 2 rings (SSSR count). The number of sulfone groups is 1. The molecule has 1 aliphatic heterocycles. The Bertz CT molecular complexity index is 628. The van der Waals surface area contributed by atoms with Crippen molar-refractivity contribution in [1.29, 1.82) is 0 Å². The van der Waals surface area contributed by atoms with E-state index in [2.05, 4.69) is 22.3 Å². The fourth-order valence-corrected chi connectivity index (χ4v) is 2.99. The summed E-state index contributed by atoms with van der Waals surface area (Å²) in [7, 11) is -3.34. The highest BCUT2D eigenvalue weighted by Gasteiger charge is 2.26. The van der Waals surface area contributed by atoms with Crippen LogP contribution in [-0.4, -0.2) is 45.0 Å². The predicted octanol–water partition coefficient (Wildman–Crippen LogP) is 0.987. The summed E-state index contributed by atoms with van der Waals surface area (Å²) < 4.78 is 22.7. The molecule has 0 aliphatic carbocycles. The highest BCUT2D eigenvalue weighted by molar-refractivity contribution is 7.92. The Hall–Kier alpha value is -1.56. The molecule has 1 N–H and O–H groups in total. The van der Waals surface area contributed by atoms with E-state index in [4.69, 9.17) is 0 Å². The first-order valence-corrected chi connectivity index (χ1v) is 9.07. The number of fused-ring (bicyclic) bond motifs is 1. The van der Waals surface area contributed by atoms with E-state index in [1.807, 2.05) is 19.1 Å². The van der Waals surface area contributed by atoms with Crippen molar-refractivity contribution in [1.82, 2.24) is 5.32 Å². The van der Waals surface area contributed by atoms with Crippen LogP contribution in [-0.2, 0) is 21.1 Å². The van der Waals surface area contributed by atoms with E-state index in [0.29, 0.717) is 6.54 Å². The van der Waals surface area contributed by atoms with Gasteiger partial charge in [-0.2, -0.15) is 0 Å². The summed E-state index contributed by atoms with van der Waals surface area (Å²) in [6.07, 6.45) is 2.09. The Morgan fingerprint density at radius 3 is 2.67 bits per heavy atom. The molecule has 0 spiro atoms. The molecule has 2 atom stereocenters. The molecule has 1 aliphatic rings. The molecule has 0 unspecified atom stereocenters. The monoisotopic (exact) mass is 310 g/mol. The maximum absolute atomic E-state index is 11.8. The number of anilines is 1. The van der Waals surface area contributed by atoms with Gasteiger partial charge in [0.15, 0.2) is 9.84 Å². The van der Waals surface area contributed by atoms with Gasteiger partial charge in [-0.1, -0.05) is 18.2 Å². The van der Waals surface area contributed by atoms with Crippen LogP contribution in [0.15, 0.2) is 24.3 Å². The van der Waals surface area contributed by atoms with Gasteiger partial charge in [0.25, 0.3) is 0 Å². The van der Waals surface area contributed by atoms with E-state index < -0.39 is 21.0 Å². The summed E-state index contributed by atoms with van der Waals surface area (Å²) in [6, 6.07) is 8.37. The van der Waals surface area contributed by atoms with Crippen molar-refractivity contribution in [2.75, 3.05) is 24.2 Å². The Morgan fingerprint density at radius 1 is 1.33 bits per heavy atom. The summed E-state index contributed by atoms with van der Waals surface area (Å²) in [5.74, 6) is -0.433. The van der Waals surface area contributed by atoms with Crippen LogP contribution in [0.5, 0.6) is 0 Å². The lowest BCUT2D eigenvalue weighted by Gasteiger charge is -2.27. The third-order valence-electron chi connectivity index (χ3n) is 4.04. The highest BCUT2D eigenvalue weighted by atomic mass is 32.2. The van der Waals surface area contributed by atoms with E-state index in [-0.39, 0.29) is 6.04 Å². The van der Waals surface area contributed by atoms with Crippen LogP contribution in [0, 0.1) is 0 Å². The minimum atomic E-state index is -3.34. The minimum Gasteiger partial charge on any atom is -0.366 e. The van der Waals surface area contributed by atoms with Crippen LogP contribution in [0.2, 0.25) is 0 Å². The molecule has 116 valence electrons. The van der Waals surface area contributed by atoms with Crippen LogP contribution in [0.3, 0.4) is 0 Å². The molecule has 5 nitrogen and oxygen atoms in total. The largest absolute Gasteiger partial charge is 0.366 e. The average Bonchev–Trinajstić information content (AvgIpc) is 2.86. The number of carbonyl (C=O) groups is 1. The van der Waals surface area contributed by atoms with E-state index >= 15 is 0 Å². The second-order valence-electron chi connectivity index (χ2n) is 5.64. The molecule has 21 heavy (non-hydrogen) atoms. The molecule has 1 aromatic carbocycles. The average molecular weight is 310 g/mol. The van der Waals surface area contributed by atoms with E-state index in [1.54, 1.807) is 0 Å². The number of amides is 1. The maximum Gasteiger partial charge on any atom is 0.238 e. The van der Waals surface area contributed by atoms with Crippen LogP contribution in [0.4, 0.5) is 5.69 Å². The molecule has 0 saturated heterocycles. The van der Waals surface area contributed by atoms with Gasteiger partial charge in [0.2, 0.25) is 5.91 Å². The van der Waals surface area contributed by atoms with Gasteiger partial charge in [0.05, 0.1) is 0 Å². The molecule has 1 aromatic rings. The Kier molecular flexibility index (Phi) is 4.56. The van der Waals surface area contributed by atoms with Gasteiger partial charge >= 0.3 is 0 Å². The van der Waals surface area contributed by atoms with Gasteiger partial charge in [-0.05, 0) is 31.9 Å². The summed E-state index contributed by atoms with van der Waals surface area (Å²) in [4.78, 5) is 14.1. The zero-order valence-corrected chi connectivity index (χ0v) is 13.5. The summed E-state index contributed by atoms with van der Waals surface area (Å²) in [5.41, 5.74) is 2.52. The fourth-order valence-electron chi connectivity index (χ4n) is 2.52. The van der Waals surface area contributed by atoms with Crippen LogP contribution >= 0.6 is 0 Å². The first-order valence-electron chi connectivity index (χ1n) is 7.12. The molecular formula is C15H22N2O3S. The van der Waals surface area contributed by atoms with Crippen LogP contribution in [0.1, 0.15) is 19.4 Å². The van der Waals surface area contributed by atoms with E-state index in [0.717, 1.165) is 19.2 Å². The second kappa shape index (κ2) is 6.05. The van der Waals surface area contributed by atoms with Crippen molar-refractivity contribution in [2.24, 2.45) is 0 Å². The van der Waals surface area contributed by atoms with Gasteiger partial charge in [-0.3, -0.25) is 4.79 Å². The maximum atomic E-state index is 11.8. The van der Waals surface area contributed by atoms with Crippen molar-refractivity contribution in [3.8, 4) is 0 Å². The van der Waals surface area contributed by atoms with Gasteiger partial charge < -0.3 is 10.2 Å². The third kappa shape index (κ3) is 3.56. The van der Waals surface area contributed by atoms with Gasteiger partial charge in [0.1, 0.15) is 5.25 Å². The quantitative estimate of drug-likeness (QED) is 0.880. The van der Waals surface area contributed by atoms with E-state index in [9.17, 15) is 13.2 Å². The zero-order valence-electron chi connectivity index (χ0n) is 12.7. The molecule has 6 heteroatoms. The summed E-state index contributed by atoms with van der Waals surface area (Å²) in [6.45, 7) is 4.82. The zero-order chi connectivity index (χ0) is 15.6. The number of hydrogen-bond acceptors (Lipinski definition) is 4. The lowest BCUT2D eigenvalue weighted by atomic mass is 10.2. The number of rotatable bonds is 5. The smallest absolute Gasteiger partial charge is 0.238 e. The number of nitrogens with one attached hydrogen (secondary N) is 1. The SMILES string of the molecule is C[C@H](C(=O)NC[C@H](C)N1CCc2ccccc21)S(C)(=O)=O.